The highest BCUT2D eigenvalue weighted by molar-refractivity contribution is 8.00. The Hall–Kier alpha value is -0.260. The third kappa shape index (κ3) is 3.37. The van der Waals surface area contributed by atoms with Crippen molar-refractivity contribution in [3.05, 3.63) is 0 Å². The van der Waals surface area contributed by atoms with Crippen molar-refractivity contribution in [1.82, 2.24) is 0 Å². The summed E-state index contributed by atoms with van der Waals surface area (Å²) in [5, 5.41) is 19.0. The molecule has 1 saturated carbocycles. The Morgan fingerprint density at radius 3 is 2.44 bits per heavy atom. The van der Waals surface area contributed by atoms with Gasteiger partial charge in [-0.15, -0.1) is 0 Å². The van der Waals surface area contributed by atoms with Gasteiger partial charge in [-0.25, -0.2) is 0 Å². The summed E-state index contributed by atoms with van der Waals surface area (Å²) in [6, 6.07) is -0.900. The van der Waals surface area contributed by atoms with Crippen molar-refractivity contribution < 1.29 is 15.0 Å². The van der Waals surface area contributed by atoms with Crippen LogP contribution in [0.1, 0.15) is 39.5 Å². The monoisotopic (exact) mass is 247 g/mol. The molecule has 0 heterocycles. The van der Waals surface area contributed by atoms with E-state index < -0.39 is 22.4 Å². The van der Waals surface area contributed by atoms with Crippen molar-refractivity contribution >= 4 is 17.7 Å². The lowest BCUT2D eigenvalue weighted by Crippen LogP contribution is -2.48. The van der Waals surface area contributed by atoms with E-state index in [1.54, 1.807) is 0 Å². The van der Waals surface area contributed by atoms with Crippen molar-refractivity contribution in [2.75, 3.05) is 5.75 Å². The van der Waals surface area contributed by atoms with E-state index in [-0.39, 0.29) is 0 Å². The molecule has 0 aromatic rings. The molecule has 1 rings (SSSR count). The number of hydrogen-bond acceptors (Lipinski definition) is 4. The number of thioether (sulfide) groups is 1. The van der Waals surface area contributed by atoms with E-state index in [4.69, 9.17) is 10.8 Å². The third-order valence-electron chi connectivity index (χ3n) is 3.26. The van der Waals surface area contributed by atoms with Crippen LogP contribution in [0.15, 0.2) is 0 Å². The van der Waals surface area contributed by atoms with Crippen molar-refractivity contribution in [1.29, 1.82) is 0 Å². The highest BCUT2D eigenvalue weighted by atomic mass is 32.2. The van der Waals surface area contributed by atoms with Crippen LogP contribution in [-0.2, 0) is 4.79 Å². The van der Waals surface area contributed by atoms with Crippen LogP contribution in [0, 0.1) is 0 Å². The Kier molecular flexibility index (Phi) is 4.26. The summed E-state index contributed by atoms with van der Waals surface area (Å²) < 4.78 is -0.551. The summed E-state index contributed by atoms with van der Waals surface area (Å²) in [4.78, 5) is 10.8. The van der Waals surface area contributed by atoms with Gasteiger partial charge in [-0.05, 0) is 26.7 Å². The second-order valence-corrected chi connectivity index (χ2v) is 6.77. The SMILES string of the molecule is CC(C)(SCC1(O)CCCC1)[C@H](N)C(=O)O. The molecular formula is C11H21NO3S. The van der Waals surface area contributed by atoms with E-state index in [9.17, 15) is 9.90 Å². The largest absolute Gasteiger partial charge is 0.480 e. The molecule has 1 aliphatic rings. The average Bonchev–Trinajstić information content (AvgIpc) is 2.62. The summed E-state index contributed by atoms with van der Waals surface area (Å²) in [7, 11) is 0. The molecule has 4 N–H and O–H groups in total. The summed E-state index contributed by atoms with van der Waals surface area (Å²) in [5.41, 5.74) is 5.01. The van der Waals surface area contributed by atoms with Gasteiger partial charge in [-0.3, -0.25) is 4.79 Å². The van der Waals surface area contributed by atoms with E-state index >= 15 is 0 Å². The maximum absolute atomic E-state index is 10.8. The van der Waals surface area contributed by atoms with E-state index in [0.717, 1.165) is 25.7 Å². The van der Waals surface area contributed by atoms with Crippen LogP contribution in [0.3, 0.4) is 0 Å². The van der Waals surface area contributed by atoms with Gasteiger partial charge in [0.25, 0.3) is 0 Å². The Morgan fingerprint density at radius 1 is 1.50 bits per heavy atom. The topological polar surface area (TPSA) is 83.5 Å². The number of hydrogen-bond donors (Lipinski definition) is 3. The minimum Gasteiger partial charge on any atom is -0.480 e. The Labute approximate surface area is 101 Å². The molecule has 16 heavy (non-hydrogen) atoms. The second kappa shape index (κ2) is 4.94. The molecule has 0 amide bonds. The first-order chi connectivity index (χ1) is 7.27. The van der Waals surface area contributed by atoms with Crippen molar-refractivity contribution in [2.45, 2.75) is 55.9 Å². The molecule has 1 fully saturated rings. The average molecular weight is 247 g/mol. The minimum absolute atomic E-state index is 0.551. The van der Waals surface area contributed by atoms with E-state index in [1.165, 1.54) is 11.8 Å². The van der Waals surface area contributed by atoms with E-state index in [0.29, 0.717) is 5.75 Å². The van der Waals surface area contributed by atoms with Crippen LogP contribution >= 0.6 is 11.8 Å². The third-order valence-corrected chi connectivity index (χ3v) is 4.94. The molecule has 1 atom stereocenters. The van der Waals surface area contributed by atoms with Gasteiger partial charge in [0.15, 0.2) is 0 Å². The minimum atomic E-state index is -0.990. The predicted molar refractivity (Wildman–Crippen MR) is 65.6 cm³/mol. The zero-order chi connectivity index (χ0) is 12.4. The number of aliphatic hydroxyl groups is 1. The molecule has 0 saturated heterocycles. The Bertz CT molecular complexity index is 262. The first kappa shape index (κ1) is 13.8. The molecule has 0 radical (unpaired) electrons. The van der Waals surface area contributed by atoms with Gasteiger partial charge in [-0.2, -0.15) is 11.8 Å². The molecule has 94 valence electrons. The fourth-order valence-corrected chi connectivity index (χ4v) is 3.09. The summed E-state index contributed by atoms with van der Waals surface area (Å²) in [5.74, 6) is -0.419. The fraction of sp³-hybridized carbons (Fsp3) is 0.909. The number of rotatable bonds is 5. The highest BCUT2D eigenvalue weighted by Crippen LogP contribution is 2.37. The molecule has 4 nitrogen and oxygen atoms in total. The zero-order valence-electron chi connectivity index (χ0n) is 9.90. The summed E-state index contributed by atoms with van der Waals surface area (Å²) in [6.07, 6.45) is 3.75. The second-order valence-electron chi connectivity index (χ2n) is 5.14. The van der Waals surface area contributed by atoms with Crippen molar-refractivity contribution in [3.8, 4) is 0 Å². The van der Waals surface area contributed by atoms with Crippen LogP contribution < -0.4 is 5.73 Å². The molecule has 0 unspecified atom stereocenters. The lowest BCUT2D eigenvalue weighted by atomic mass is 10.0. The number of aliphatic carboxylic acids is 1. The van der Waals surface area contributed by atoms with Crippen LogP contribution in [-0.4, -0.2) is 38.3 Å². The first-order valence-corrected chi connectivity index (χ1v) is 6.60. The fourth-order valence-electron chi connectivity index (χ4n) is 1.88. The molecule has 0 spiro atoms. The number of carbonyl (C=O) groups is 1. The maximum atomic E-state index is 10.8. The van der Waals surface area contributed by atoms with E-state index in [2.05, 4.69) is 0 Å². The normalized spacial score (nSPS) is 22.0. The van der Waals surface area contributed by atoms with Gasteiger partial charge in [0.1, 0.15) is 6.04 Å². The van der Waals surface area contributed by atoms with Gasteiger partial charge in [0.05, 0.1) is 5.60 Å². The smallest absolute Gasteiger partial charge is 0.321 e. The summed E-state index contributed by atoms with van der Waals surface area (Å²) >= 11 is 1.46. The molecule has 0 aromatic carbocycles. The van der Waals surface area contributed by atoms with Crippen LogP contribution in [0.4, 0.5) is 0 Å². The van der Waals surface area contributed by atoms with Gasteiger partial charge in [-0.1, -0.05) is 12.8 Å². The highest BCUT2D eigenvalue weighted by Gasteiger charge is 2.37. The maximum Gasteiger partial charge on any atom is 0.321 e. The van der Waals surface area contributed by atoms with Gasteiger partial charge >= 0.3 is 5.97 Å². The number of carboxylic acids is 1. The number of carboxylic acid groups (broad SMARTS) is 1. The van der Waals surface area contributed by atoms with Crippen molar-refractivity contribution in [3.63, 3.8) is 0 Å². The van der Waals surface area contributed by atoms with E-state index in [1.807, 2.05) is 13.8 Å². The lowest BCUT2D eigenvalue weighted by molar-refractivity contribution is -0.139. The van der Waals surface area contributed by atoms with Crippen LogP contribution in [0.25, 0.3) is 0 Å². The quantitative estimate of drug-likeness (QED) is 0.680. The van der Waals surface area contributed by atoms with Gasteiger partial charge < -0.3 is 15.9 Å². The standard InChI is InChI=1S/C11H21NO3S/c1-10(2,8(12)9(13)14)16-7-11(15)5-3-4-6-11/h8,15H,3-7,12H2,1-2H3,(H,13,14)/t8-/m1/s1. The Balaban J connectivity index is 2.49. The molecule has 0 aliphatic heterocycles. The van der Waals surface area contributed by atoms with Gasteiger partial charge in [0, 0.05) is 10.5 Å². The molecule has 1 aliphatic carbocycles. The zero-order valence-corrected chi connectivity index (χ0v) is 10.7. The number of nitrogens with two attached hydrogens (primary N) is 1. The molecule has 0 bridgehead atoms. The molecular weight excluding hydrogens is 226 g/mol. The van der Waals surface area contributed by atoms with Crippen molar-refractivity contribution in [2.24, 2.45) is 5.73 Å². The predicted octanol–water partition coefficient (Wildman–Crippen LogP) is 1.22. The lowest BCUT2D eigenvalue weighted by Gasteiger charge is -2.32. The Morgan fingerprint density at radius 2 is 2.00 bits per heavy atom. The molecule has 5 heteroatoms. The molecule has 0 aromatic heterocycles. The van der Waals surface area contributed by atoms with Crippen LogP contribution in [0.2, 0.25) is 0 Å². The van der Waals surface area contributed by atoms with Crippen LogP contribution in [0.5, 0.6) is 0 Å². The first-order valence-electron chi connectivity index (χ1n) is 5.62. The summed E-state index contributed by atoms with van der Waals surface area (Å²) in [6.45, 7) is 3.63. The van der Waals surface area contributed by atoms with Gasteiger partial charge in [0.2, 0.25) is 0 Å².